The van der Waals surface area contributed by atoms with E-state index < -0.39 is 0 Å². The Morgan fingerprint density at radius 1 is 0.960 bits per heavy atom. The number of urea groups is 1. The van der Waals surface area contributed by atoms with Crippen molar-refractivity contribution in [3.8, 4) is 11.5 Å². The van der Waals surface area contributed by atoms with Gasteiger partial charge in [-0.15, -0.1) is 0 Å². The Morgan fingerprint density at radius 2 is 1.64 bits per heavy atom. The van der Waals surface area contributed by atoms with Crippen LogP contribution in [0.25, 0.3) is 0 Å². The average molecular weight is 354 g/mol. The highest BCUT2D eigenvalue weighted by molar-refractivity contribution is 6.33. The van der Waals surface area contributed by atoms with E-state index >= 15 is 0 Å². The first-order chi connectivity index (χ1) is 12.2. The van der Waals surface area contributed by atoms with Gasteiger partial charge in [0, 0.05) is 18.9 Å². The normalized spacial score (nSPS) is 10.1. The number of rotatable bonds is 5. The first-order valence-electron chi connectivity index (χ1n) is 7.67. The molecule has 5 nitrogen and oxygen atoms in total. The van der Waals surface area contributed by atoms with Crippen LogP contribution in [0.3, 0.4) is 0 Å². The van der Waals surface area contributed by atoms with Gasteiger partial charge in [0.05, 0.1) is 10.7 Å². The molecule has 0 spiro atoms. The third-order valence-electron chi connectivity index (χ3n) is 3.38. The van der Waals surface area contributed by atoms with Gasteiger partial charge in [0.25, 0.3) is 0 Å². The van der Waals surface area contributed by atoms with Crippen LogP contribution in [0, 0.1) is 0 Å². The van der Waals surface area contributed by atoms with E-state index in [1.54, 1.807) is 42.7 Å². The van der Waals surface area contributed by atoms with Crippen molar-refractivity contribution >= 4 is 23.3 Å². The topological polar surface area (TPSA) is 63.2 Å². The summed E-state index contributed by atoms with van der Waals surface area (Å²) in [5.74, 6) is 1.44. The summed E-state index contributed by atoms with van der Waals surface area (Å²) < 4.78 is 5.70. The largest absolute Gasteiger partial charge is 0.457 e. The van der Waals surface area contributed by atoms with Crippen molar-refractivity contribution in [2.45, 2.75) is 6.54 Å². The minimum Gasteiger partial charge on any atom is -0.457 e. The number of anilines is 1. The molecule has 0 aliphatic carbocycles. The van der Waals surface area contributed by atoms with E-state index in [0.29, 0.717) is 17.3 Å². The number of amides is 2. The van der Waals surface area contributed by atoms with Gasteiger partial charge in [-0.1, -0.05) is 35.9 Å². The number of hydrogen-bond donors (Lipinski definition) is 2. The fourth-order valence-electron chi connectivity index (χ4n) is 2.13. The Hall–Kier alpha value is -3.05. The highest BCUT2D eigenvalue weighted by atomic mass is 35.5. The van der Waals surface area contributed by atoms with Crippen molar-refractivity contribution in [1.29, 1.82) is 0 Å². The van der Waals surface area contributed by atoms with Crippen LogP contribution in [-0.2, 0) is 6.54 Å². The quantitative estimate of drug-likeness (QED) is 0.689. The monoisotopic (exact) mass is 353 g/mol. The zero-order valence-electron chi connectivity index (χ0n) is 13.3. The van der Waals surface area contributed by atoms with E-state index in [9.17, 15) is 4.79 Å². The van der Waals surface area contributed by atoms with Crippen LogP contribution in [0.4, 0.5) is 10.5 Å². The molecule has 0 unspecified atom stereocenters. The highest BCUT2D eigenvalue weighted by Gasteiger charge is 2.05. The van der Waals surface area contributed by atoms with Crippen LogP contribution < -0.4 is 15.4 Å². The molecule has 0 bridgehead atoms. The van der Waals surface area contributed by atoms with Crippen LogP contribution >= 0.6 is 11.6 Å². The van der Waals surface area contributed by atoms with Gasteiger partial charge in [-0.05, 0) is 42.0 Å². The molecule has 126 valence electrons. The van der Waals surface area contributed by atoms with Gasteiger partial charge in [0.1, 0.15) is 11.5 Å². The first kappa shape index (κ1) is 16.8. The molecule has 0 saturated carbocycles. The van der Waals surface area contributed by atoms with Crippen LogP contribution in [-0.4, -0.2) is 11.0 Å². The van der Waals surface area contributed by atoms with Crippen LogP contribution in [0.15, 0.2) is 73.1 Å². The smallest absolute Gasteiger partial charge is 0.319 e. The third-order valence-corrected chi connectivity index (χ3v) is 3.71. The molecule has 2 aromatic carbocycles. The summed E-state index contributed by atoms with van der Waals surface area (Å²) >= 11 is 6.01. The summed E-state index contributed by atoms with van der Waals surface area (Å²) in [7, 11) is 0. The number of nitrogens with zero attached hydrogens (tertiary/aromatic N) is 1. The molecule has 2 N–H and O–H groups in total. The fraction of sp³-hybridized carbons (Fsp3) is 0.0526. The maximum Gasteiger partial charge on any atom is 0.319 e. The number of benzene rings is 2. The van der Waals surface area contributed by atoms with Crippen molar-refractivity contribution in [1.82, 2.24) is 10.3 Å². The lowest BCUT2D eigenvalue weighted by Crippen LogP contribution is -2.28. The fourth-order valence-corrected chi connectivity index (χ4v) is 2.31. The van der Waals surface area contributed by atoms with Gasteiger partial charge in [-0.25, -0.2) is 4.79 Å². The Labute approximate surface area is 150 Å². The van der Waals surface area contributed by atoms with E-state index in [0.717, 1.165) is 17.1 Å². The van der Waals surface area contributed by atoms with Gasteiger partial charge in [-0.2, -0.15) is 0 Å². The van der Waals surface area contributed by atoms with Crippen molar-refractivity contribution in [3.05, 3.63) is 83.6 Å². The first-order valence-corrected chi connectivity index (χ1v) is 8.05. The average Bonchev–Trinajstić information content (AvgIpc) is 2.64. The van der Waals surface area contributed by atoms with Gasteiger partial charge in [0.15, 0.2) is 0 Å². The molecule has 3 aromatic rings. The molecule has 1 aromatic heterocycles. The lowest BCUT2D eigenvalue weighted by molar-refractivity contribution is 0.251. The molecule has 0 saturated heterocycles. The van der Waals surface area contributed by atoms with Crippen LogP contribution in [0.2, 0.25) is 5.02 Å². The molecular weight excluding hydrogens is 338 g/mol. The lowest BCUT2D eigenvalue weighted by Gasteiger charge is -2.10. The molecule has 0 fully saturated rings. The third kappa shape index (κ3) is 4.96. The van der Waals surface area contributed by atoms with Gasteiger partial charge in [0.2, 0.25) is 0 Å². The van der Waals surface area contributed by atoms with E-state index in [1.165, 1.54) is 0 Å². The Morgan fingerprint density at radius 3 is 2.36 bits per heavy atom. The minimum absolute atomic E-state index is 0.315. The highest BCUT2D eigenvalue weighted by Crippen LogP contribution is 2.21. The summed E-state index contributed by atoms with van der Waals surface area (Å²) in [5.41, 5.74) is 1.53. The molecule has 25 heavy (non-hydrogen) atoms. The number of pyridine rings is 1. The molecular formula is C19H16ClN3O2. The van der Waals surface area contributed by atoms with Crippen molar-refractivity contribution in [2.75, 3.05) is 5.32 Å². The standard InChI is InChI=1S/C19H16ClN3O2/c20-17-3-1-2-4-18(17)23-19(24)22-13-14-5-7-15(8-6-14)25-16-9-11-21-12-10-16/h1-12H,13H2,(H2,22,23,24). The zero-order valence-corrected chi connectivity index (χ0v) is 14.0. The zero-order chi connectivity index (χ0) is 17.5. The number of aromatic nitrogens is 1. The summed E-state index contributed by atoms with van der Waals surface area (Å²) in [6.07, 6.45) is 3.34. The maximum absolute atomic E-state index is 11.9. The molecule has 1 heterocycles. The molecule has 0 aliphatic rings. The summed E-state index contributed by atoms with van der Waals surface area (Å²) in [6.45, 7) is 0.395. The minimum atomic E-state index is -0.315. The van der Waals surface area contributed by atoms with E-state index in [1.807, 2.05) is 30.3 Å². The molecule has 2 amide bonds. The Balaban J connectivity index is 1.51. The van der Waals surface area contributed by atoms with Crippen molar-refractivity contribution in [2.24, 2.45) is 0 Å². The summed E-state index contributed by atoms with van der Waals surface area (Å²) in [6, 6.07) is 17.8. The van der Waals surface area contributed by atoms with Gasteiger partial charge >= 0.3 is 6.03 Å². The van der Waals surface area contributed by atoms with Crippen molar-refractivity contribution in [3.63, 3.8) is 0 Å². The number of halogens is 1. The molecule has 0 atom stereocenters. The second-order valence-corrected chi connectivity index (χ2v) is 5.62. The number of hydrogen-bond acceptors (Lipinski definition) is 3. The predicted octanol–water partition coefficient (Wildman–Crippen LogP) is 4.85. The summed E-state index contributed by atoms with van der Waals surface area (Å²) in [5, 5.41) is 5.99. The second-order valence-electron chi connectivity index (χ2n) is 5.22. The van der Waals surface area contributed by atoms with E-state index in [2.05, 4.69) is 15.6 Å². The van der Waals surface area contributed by atoms with Crippen LogP contribution in [0.5, 0.6) is 11.5 Å². The molecule has 3 rings (SSSR count). The van der Waals surface area contributed by atoms with Crippen molar-refractivity contribution < 1.29 is 9.53 Å². The Bertz CT molecular complexity index is 839. The van der Waals surface area contributed by atoms with E-state index in [-0.39, 0.29) is 6.03 Å². The van der Waals surface area contributed by atoms with Gasteiger partial charge in [-0.3, -0.25) is 4.98 Å². The number of nitrogens with one attached hydrogen (secondary N) is 2. The summed E-state index contributed by atoms with van der Waals surface area (Å²) in [4.78, 5) is 15.9. The SMILES string of the molecule is O=C(NCc1ccc(Oc2ccncc2)cc1)Nc1ccccc1Cl. The Kier molecular flexibility index (Phi) is 5.49. The van der Waals surface area contributed by atoms with Gasteiger partial charge < -0.3 is 15.4 Å². The molecule has 0 radical (unpaired) electrons. The predicted molar refractivity (Wildman–Crippen MR) is 98.1 cm³/mol. The second kappa shape index (κ2) is 8.17. The number of ether oxygens (including phenoxy) is 1. The molecule has 0 aliphatic heterocycles. The van der Waals surface area contributed by atoms with Crippen LogP contribution in [0.1, 0.15) is 5.56 Å². The molecule has 6 heteroatoms. The number of para-hydroxylation sites is 1. The van der Waals surface area contributed by atoms with E-state index in [4.69, 9.17) is 16.3 Å². The number of carbonyl (C=O) groups is 1. The number of carbonyl (C=O) groups excluding carboxylic acids is 1. The lowest BCUT2D eigenvalue weighted by atomic mass is 10.2. The maximum atomic E-state index is 11.9.